The number of furan rings is 1. The molecule has 0 spiro atoms. The highest BCUT2D eigenvalue weighted by Crippen LogP contribution is 2.19. The van der Waals surface area contributed by atoms with Gasteiger partial charge in [-0.05, 0) is 28.8 Å². The normalized spacial score (nSPS) is 10.2. The molecule has 2 aromatic carbocycles. The number of rotatable bonds is 4. The van der Waals surface area contributed by atoms with Gasteiger partial charge in [0.2, 0.25) is 5.91 Å². The van der Waals surface area contributed by atoms with Gasteiger partial charge in [-0.2, -0.15) is 0 Å². The van der Waals surface area contributed by atoms with Crippen LogP contribution in [0.1, 0.15) is 16.1 Å². The Balaban J connectivity index is 1.54. The predicted molar refractivity (Wildman–Crippen MR) is 89.9 cm³/mol. The maximum Gasteiger partial charge on any atom is 0.305 e. The Bertz CT molecular complexity index is 810. The van der Waals surface area contributed by atoms with Gasteiger partial charge in [0.1, 0.15) is 0 Å². The van der Waals surface area contributed by atoms with Gasteiger partial charge >= 0.3 is 5.91 Å². The third-order valence-corrected chi connectivity index (χ3v) is 3.49. The maximum absolute atomic E-state index is 11.9. The van der Waals surface area contributed by atoms with Gasteiger partial charge < -0.3 is 4.42 Å². The van der Waals surface area contributed by atoms with Crippen LogP contribution >= 0.6 is 0 Å². The van der Waals surface area contributed by atoms with Crippen LogP contribution < -0.4 is 10.9 Å². The summed E-state index contributed by atoms with van der Waals surface area (Å²) in [5.41, 5.74) is 7.75. The summed E-state index contributed by atoms with van der Waals surface area (Å²) < 4.78 is 4.94. The Labute approximate surface area is 139 Å². The molecule has 2 amide bonds. The molecule has 3 rings (SSSR count). The molecule has 1 heterocycles. The van der Waals surface area contributed by atoms with Crippen LogP contribution in [0.15, 0.2) is 77.4 Å². The van der Waals surface area contributed by atoms with Gasteiger partial charge in [-0.25, -0.2) is 0 Å². The molecule has 0 aliphatic heterocycles. The number of hydrogen-bond acceptors (Lipinski definition) is 3. The number of hydrogen-bond donors (Lipinski definition) is 2. The molecule has 0 radical (unpaired) electrons. The van der Waals surface area contributed by atoms with E-state index in [-0.39, 0.29) is 18.1 Å². The lowest BCUT2D eigenvalue weighted by atomic mass is 10.0. The Hall–Kier alpha value is -3.34. The van der Waals surface area contributed by atoms with Crippen LogP contribution in [0, 0.1) is 0 Å². The molecule has 0 atom stereocenters. The van der Waals surface area contributed by atoms with Crippen LogP contribution in [0.4, 0.5) is 0 Å². The van der Waals surface area contributed by atoms with E-state index in [2.05, 4.69) is 10.9 Å². The number of benzene rings is 2. The van der Waals surface area contributed by atoms with Crippen LogP contribution in [0.5, 0.6) is 0 Å². The minimum atomic E-state index is -0.493. The molecule has 2 N–H and O–H groups in total. The second kappa shape index (κ2) is 7.28. The summed E-state index contributed by atoms with van der Waals surface area (Å²) >= 11 is 0. The first kappa shape index (κ1) is 15.6. The largest absolute Gasteiger partial charge is 0.459 e. The zero-order valence-electron chi connectivity index (χ0n) is 12.9. The molecule has 0 aliphatic rings. The van der Waals surface area contributed by atoms with E-state index in [0.717, 1.165) is 16.7 Å². The van der Waals surface area contributed by atoms with Crippen molar-refractivity contribution in [2.45, 2.75) is 6.42 Å². The van der Waals surface area contributed by atoms with Crippen molar-refractivity contribution in [2.24, 2.45) is 0 Å². The molecule has 0 saturated heterocycles. The van der Waals surface area contributed by atoms with Gasteiger partial charge in [0.25, 0.3) is 0 Å². The number of carbonyl (C=O) groups is 2. The van der Waals surface area contributed by atoms with Crippen molar-refractivity contribution in [1.82, 2.24) is 10.9 Å². The smallest absolute Gasteiger partial charge is 0.305 e. The van der Waals surface area contributed by atoms with Crippen molar-refractivity contribution in [3.05, 3.63) is 84.3 Å². The fourth-order valence-corrected chi connectivity index (χ4v) is 2.27. The van der Waals surface area contributed by atoms with E-state index in [0.29, 0.717) is 0 Å². The molecule has 0 fully saturated rings. The van der Waals surface area contributed by atoms with E-state index in [4.69, 9.17) is 4.42 Å². The van der Waals surface area contributed by atoms with Crippen molar-refractivity contribution < 1.29 is 14.0 Å². The molecule has 0 saturated carbocycles. The van der Waals surface area contributed by atoms with Gasteiger partial charge in [0, 0.05) is 0 Å². The first-order chi connectivity index (χ1) is 11.7. The van der Waals surface area contributed by atoms with E-state index >= 15 is 0 Å². The molecule has 1 aromatic heterocycles. The number of carbonyl (C=O) groups excluding carboxylic acids is 2. The van der Waals surface area contributed by atoms with Crippen LogP contribution in [-0.2, 0) is 11.2 Å². The van der Waals surface area contributed by atoms with E-state index in [1.807, 2.05) is 54.6 Å². The summed E-state index contributed by atoms with van der Waals surface area (Å²) in [6.07, 6.45) is 1.57. The summed E-state index contributed by atoms with van der Waals surface area (Å²) in [6, 6.07) is 20.9. The summed E-state index contributed by atoms with van der Waals surface area (Å²) in [5, 5.41) is 0. The number of amides is 2. The van der Waals surface area contributed by atoms with Gasteiger partial charge in [0.05, 0.1) is 12.7 Å². The summed E-state index contributed by atoms with van der Waals surface area (Å²) in [7, 11) is 0. The quantitative estimate of drug-likeness (QED) is 0.726. The van der Waals surface area contributed by atoms with Crippen molar-refractivity contribution in [2.75, 3.05) is 0 Å². The van der Waals surface area contributed by atoms with E-state index in [1.54, 1.807) is 6.07 Å². The first-order valence-electron chi connectivity index (χ1n) is 7.49. The third kappa shape index (κ3) is 3.89. The van der Waals surface area contributed by atoms with Crippen molar-refractivity contribution in [3.63, 3.8) is 0 Å². The molecule has 5 nitrogen and oxygen atoms in total. The highest BCUT2D eigenvalue weighted by molar-refractivity contribution is 5.93. The summed E-state index contributed by atoms with van der Waals surface area (Å²) in [4.78, 5) is 23.5. The molecular formula is C19H16N2O3. The van der Waals surface area contributed by atoms with Gasteiger partial charge in [-0.15, -0.1) is 0 Å². The topological polar surface area (TPSA) is 71.3 Å². The summed E-state index contributed by atoms with van der Waals surface area (Å²) in [5.74, 6) is -0.655. The average molecular weight is 320 g/mol. The molecule has 120 valence electrons. The Morgan fingerprint density at radius 3 is 2.17 bits per heavy atom. The lowest BCUT2D eigenvalue weighted by Crippen LogP contribution is -2.42. The van der Waals surface area contributed by atoms with E-state index < -0.39 is 5.91 Å². The standard InChI is InChI=1S/C19H16N2O3/c22-18(20-21-19(23)17-7-4-12-24-17)13-14-8-10-16(11-9-14)15-5-2-1-3-6-15/h1-12H,13H2,(H,20,22)(H,21,23). The minimum Gasteiger partial charge on any atom is -0.459 e. The number of hydrazine groups is 1. The zero-order chi connectivity index (χ0) is 16.8. The van der Waals surface area contributed by atoms with Gasteiger partial charge in [0.15, 0.2) is 5.76 Å². The second-order valence-electron chi connectivity index (χ2n) is 5.22. The van der Waals surface area contributed by atoms with Crippen molar-refractivity contribution in [3.8, 4) is 11.1 Å². The first-order valence-corrected chi connectivity index (χ1v) is 7.49. The monoisotopic (exact) mass is 320 g/mol. The van der Waals surface area contributed by atoms with E-state index in [1.165, 1.54) is 12.3 Å². The molecule has 0 unspecified atom stereocenters. The molecule has 0 aliphatic carbocycles. The lowest BCUT2D eigenvalue weighted by Gasteiger charge is -2.07. The Kier molecular flexibility index (Phi) is 4.72. The Morgan fingerprint density at radius 1 is 0.792 bits per heavy atom. The molecular weight excluding hydrogens is 304 g/mol. The zero-order valence-corrected chi connectivity index (χ0v) is 12.9. The average Bonchev–Trinajstić information content (AvgIpc) is 3.16. The minimum absolute atomic E-state index is 0.141. The van der Waals surface area contributed by atoms with Crippen LogP contribution in [0.25, 0.3) is 11.1 Å². The summed E-state index contributed by atoms with van der Waals surface area (Å²) in [6.45, 7) is 0. The molecule has 3 aromatic rings. The third-order valence-electron chi connectivity index (χ3n) is 3.49. The molecule has 0 bridgehead atoms. The second-order valence-corrected chi connectivity index (χ2v) is 5.22. The lowest BCUT2D eigenvalue weighted by molar-refractivity contribution is -0.121. The fraction of sp³-hybridized carbons (Fsp3) is 0.0526. The van der Waals surface area contributed by atoms with Crippen LogP contribution in [-0.4, -0.2) is 11.8 Å². The molecule has 24 heavy (non-hydrogen) atoms. The number of nitrogens with one attached hydrogen (secondary N) is 2. The Morgan fingerprint density at radius 2 is 1.50 bits per heavy atom. The van der Waals surface area contributed by atoms with Gasteiger partial charge in [-0.3, -0.25) is 20.4 Å². The van der Waals surface area contributed by atoms with Gasteiger partial charge in [-0.1, -0.05) is 54.6 Å². The van der Waals surface area contributed by atoms with Crippen LogP contribution in [0.3, 0.4) is 0 Å². The molecule has 5 heteroatoms. The van der Waals surface area contributed by atoms with Crippen LogP contribution in [0.2, 0.25) is 0 Å². The highest BCUT2D eigenvalue weighted by Gasteiger charge is 2.10. The fourth-order valence-electron chi connectivity index (χ4n) is 2.27. The highest BCUT2D eigenvalue weighted by atomic mass is 16.3. The SMILES string of the molecule is O=C(Cc1ccc(-c2ccccc2)cc1)NNC(=O)c1ccco1. The van der Waals surface area contributed by atoms with Crippen molar-refractivity contribution in [1.29, 1.82) is 0 Å². The van der Waals surface area contributed by atoms with Crippen molar-refractivity contribution >= 4 is 11.8 Å². The maximum atomic E-state index is 11.9. The predicted octanol–water partition coefficient (Wildman–Crippen LogP) is 2.95. The van der Waals surface area contributed by atoms with E-state index in [9.17, 15) is 9.59 Å².